The van der Waals surface area contributed by atoms with E-state index in [2.05, 4.69) is 157 Å². The summed E-state index contributed by atoms with van der Waals surface area (Å²) in [7, 11) is 0. The monoisotopic (exact) mass is 750 g/mol. The van der Waals surface area contributed by atoms with Gasteiger partial charge in [0, 0.05) is 40.6 Å². The third-order valence-electron chi connectivity index (χ3n) is 13.5. The Labute approximate surface area is 341 Å². The second-order valence-corrected chi connectivity index (χ2v) is 17.3. The van der Waals surface area contributed by atoms with Crippen LogP contribution in [0.5, 0.6) is 0 Å². The summed E-state index contributed by atoms with van der Waals surface area (Å²) in [5.41, 5.74) is 13.1. The van der Waals surface area contributed by atoms with Crippen LogP contribution in [0.1, 0.15) is 56.4 Å². The molecule has 0 saturated heterocycles. The Kier molecular flexibility index (Phi) is 8.79. The molecule has 0 radical (unpaired) electrons. The standard InChI is InChI=1S/C54H46N4/c1-3-8-39(9-4-1)41-13-17-44(18-14-41)51-56-52(45-19-15-42(16-20-45)40-10-5-2-6-11-40)58-53(57-51)49-30-47(29-48(31-49)46-12-7-25-55-35-46)43-21-23-50(24-22-43)54-32-36-26-37(33-54)28-38(27-36)34-54/h1-21,23-25,29-31,35-38,43H,22,26-28,32-34H2. The molecule has 282 valence electrons. The summed E-state index contributed by atoms with van der Waals surface area (Å²) in [4.78, 5) is 20.1. The van der Waals surface area contributed by atoms with Crippen molar-refractivity contribution in [3.05, 3.63) is 181 Å². The van der Waals surface area contributed by atoms with E-state index in [0.29, 0.717) is 22.9 Å². The molecule has 0 spiro atoms. The van der Waals surface area contributed by atoms with E-state index in [1.54, 1.807) is 5.57 Å². The SMILES string of the molecule is C1=CC(c2cc(-c3cccnc3)cc(-c3nc(-c4ccc(-c5ccccc5)cc4)nc(-c4ccc(-c5ccccc5)cc4)n3)c2)CC=C1C12CC3CC(CC(C3)C1)C2. The fourth-order valence-electron chi connectivity index (χ4n) is 11.1. The van der Waals surface area contributed by atoms with Crippen molar-refractivity contribution >= 4 is 0 Å². The summed E-state index contributed by atoms with van der Waals surface area (Å²) in [5.74, 6) is 5.06. The fourth-order valence-corrected chi connectivity index (χ4v) is 11.1. The molecule has 4 nitrogen and oxygen atoms in total. The summed E-state index contributed by atoms with van der Waals surface area (Å²) < 4.78 is 0. The molecule has 4 heteroatoms. The first kappa shape index (κ1) is 34.9. The minimum atomic E-state index is 0.268. The molecule has 4 fully saturated rings. The van der Waals surface area contributed by atoms with Crippen LogP contribution < -0.4 is 0 Å². The van der Waals surface area contributed by atoms with E-state index >= 15 is 0 Å². The Morgan fingerprint density at radius 2 is 0.931 bits per heavy atom. The first-order valence-electron chi connectivity index (χ1n) is 21.1. The largest absolute Gasteiger partial charge is 0.264 e. The van der Waals surface area contributed by atoms with Crippen molar-refractivity contribution in [1.29, 1.82) is 0 Å². The lowest BCUT2D eigenvalue weighted by Gasteiger charge is -2.57. The van der Waals surface area contributed by atoms with Crippen LogP contribution in [0.25, 0.3) is 67.5 Å². The van der Waals surface area contributed by atoms with Crippen LogP contribution in [0.15, 0.2) is 176 Å². The van der Waals surface area contributed by atoms with Crippen LogP contribution in [-0.4, -0.2) is 19.9 Å². The maximum Gasteiger partial charge on any atom is 0.164 e. The van der Waals surface area contributed by atoms with Gasteiger partial charge in [-0.2, -0.15) is 0 Å². The van der Waals surface area contributed by atoms with Gasteiger partial charge < -0.3 is 0 Å². The zero-order valence-corrected chi connectivity index (χ0v) is 32.7. The molecule has 5 aromatic carbocycles. The van der Waals surface area contributed by atoms with Crippen molar-refractivity contribution in [2.24, 2.45) is 23.2 Å². The Morgan fingerprint density at radius 3 is 1.43 bits per heavy atom. The van der Waals surface area contributed by atoms with Gasteiger partial charge in [-0.15, -0.1) is 0 Å². The van der Waals surface area contributed by atoms with Crippen LogP contribution in [0.2, 0.25) is 0 Å². The number of aromatic nitrogens is 4. The third kappa shape index (κ3) is 6.71. The van der Waals surface area contributed by atoms with Gasteiger partial charge in [-0.3, -0.25) is 4.98 Å². The number of hydrogen-bond donors (Lipinski definition) is 0. The van der Waals surface area contributed by atoms with Crippen LogP contribution in [0, 0.1) is 23.2 Å². The molecule has 0 N–H and O–H groups in total. The minimum Gasteiger partial charge on any atom is -0.264 e. The number of benzene rings is 5. The number of allylic oxidation sites excluding steroid dienone is 4. The van der Waals surface area contributed by atoms with Gasteiger partial charge in [0.15, 0.2) is 17.5 Å². The summed E-state index contributed by atoms with van der Waals surface area (Å²) in [6.45, 7) is 0. The van der Waals surface area contributed by atoms with E-state index in [0.717, 1.165) is 63.1 Å². The number of rotatable bonds is 8. The maximum absolute atomic E-state index is 5.24. The van der Waals surface area contributed by atoms with Gasteiger partial charge in [-0.25, -0.2) is 15.0 Å². The Balaban J connectivity index is 0.990. The first-order chi connectivity index (χ1) is 28.6. The molecule has 0 aliphatic heterocycles. The number of hydrogen-bond acceptors (Lipinski definition) is 4. The Morgan fingerprint density at radius 1 is 0.448 bits per heavy atom. The number of nitrogens with zero attached hydrogens (tertiary/aromatic N) is 4. The maximum atomic E-state index is 5.24. The zero-order valence-electron chi connectivity index (χ0n) is 32.7. The molecule has 4 bridgehead atoms. The lowest BCUT2D eigenvalue weighted by molar-refractivity contribution is -0.0288. The van der Waals surface area contributed by atoms with Crippen LogP contribution in [-0.2, 0) is 0 Å². The van der Waals surface area contributed by atoms with E-state index in [1.807, 2.05) is 18.5 Å². The molecule has 2 heterocycles. The van der Waals surface area contributed by atoms with E-state index in [4.69, 9.17) is 15.0 Å². The fraction of sp³-hybridized carbons (Fsp3) is 0.222. The molecule has 58 heavy (non-hydrogen) atoms. The topological polar surface area (TPSA) is 51.6 Å². The van der Waals surface area contributed by atoms with Gasteiger partial charge >= 0.3 is 0 Å². The second-order valence-electron chi connectivity index (χ2n) is 17.3. The molecule has 1 atom stereocenters. The van der Waals surface area contributed by atoms with Gasteiger partial charge in [0.1, 0.15) is 0 Å². The van der Waals surface area contributed by atoms with Crippen LogP contribution in [0.4, 0.5) is 0 Å². The van der Waals surface area contributed by atoms with Crippen molar-refractivity contribution in [3.8, 4) is 67.5 Å². The minimum absolute atomic E-state index is 0.268. The van der Waals surface area contributed by atoms with Crippen LogP contribution >= 0.6 is 0 Å². The van der Waals surface area contributed by atoms with E-state index in [9.17, 15) is 0 Å². The van der Waals surface area contributed by atoms with Gasteiger partial charge in [0.2, 0.25) is 0 Å². The first-order valence-corrected chi connectivity index (χ1v) is 21.1. The van der Waals surface area contributed by atoms with Crippen molar-refractivity contribution in [3.63, 3.8) is 0 Å². The normalized spacial score (nSPS) is 23.1. The smallest absolute Gasteiger partial charge is 0.164 e. The van der Waals surface area contributed by atoms with Crippen molar-refractivity contribution in [2.45, 2.75) is 50.9 Å². The van der Waals surface area contributed by atoms with E-state index in [1.165, 1.54) is 55.2 Å². The van der Waals surface area contributed by atoms with Gasteiger partial charge in [-0.05, 0) is 125 Å². The molecular weight excluding hydrogens is 705 g/mol. The third-order valence-corrected chi connectivity index (χ3v) is 13.5. The molecule has 12 rings (SSSR count). The second kappa shape index (κ2) is 14.6. The van der Waals surface area contributed by atoms with Crippen LogP contribution in [0.3, 0.4) is 0 Å². The van der Waals surface area contributed by atoms with Crippen molar-refractivity contribution in [1.82, 2.24) is 19.9 Å². The highest BCUT2D eigenvalue weighted by Gasteiger charge is 2.52. The molecule has 5 aliphatic rings. The van der Waals surface area contributed by atoms with E-state index in [-0.39, 0.29) is 5.92 Å². The van der Waals surface area contributed by atoms with Crippen molar-refractivity contribution in [2.75, 3.05) is 0 Å². The quantitative estimate of drug-likeness (QED) is 0.155. The lowest BCUT2D eigenvalue weighted by Crippen LogP contribution is -2.46. The summed E-state index contributed by atoms with van der Waals surface area (Å²) in [6.07, 6.45) is 21.0. The molecule has 5 aliphatic carbocycles. The lowest BCUT2D eigenvalue weighted by atomic mass is 9.47. The number of pyridine rings is 1. The van der Waals surface area contributed by atoms with Crippen molar-refractivity contribution < 1.29 is 0 Å². The average Bonchev–Trinajstić information content (AvgIpc) is 3.29. The highest BCUT2D eigenvalue weighted by atomic mass is 15.0. The Hall–Kier alpha value is -6.26. The predicted octanol–water partition coefficient (Wildman–Crippen LogP) is 13.5. The highest BCUT2D eigenvalue weighted by molar-refractivity contribution is 5.75. The summed E-state index contributed by atoms with van der Waals surface area (Å²) in [6, 6.07) is 49.2. The molecule has 7 aromatic rings. The molecular formula is C54H46N4. The van der Waals surface area contributed by atoms with Gasteiger partial charge in [-0.1, -0.05) is 140 Å². The summed E-state index contributed by atoms with van der Waals surface area (Å²) in [5, 5.41) is 0. The molecule has 0 amide bonds. The average molecular weight is 751 g/mol. The van der Waals surface area contributed by atoms with E-state index < -0.39 is 0 Å². The van der Waals surface area contributed by atoms with Gasteiger partial charge in [0.05, 0.1) is 0 Å². The molecule has 4 saturated carbocycles. The Bertz CT molecular complexity index is 2510. The molecule has 1 unspecified atom stereocenters. The predicted molar refractivity (Wildman–Crippen MR) is 235 cm³/mol. The highest BCUT2D eigenvalue weighted by Crippen LogP contribution is 2.63. The molecule has 2 aromatic heterocycles. The summed E-state index contributed by atoms with van der Waals surface area (Å²) >= 11 is 0. The zero-order chi connectivity index (χ0) is 38.5. The van der Waals surface area contributed by atoms with Gasteiger partial charge in [0.25, 0.3) is 0 Å².